The number of amides is 2. The summed E-state index contributed by atoms with van der Waals surface area (Å²) in [4.78, 5) is 14.2. The van der Waals surface area contributed by atoms with Gasteiger partial charge in [-0.1, -0.05) is 42.5 Å². The van der Waals surface area contributed by atoms with E-state index in [0.717, 1.165) is 29.7 Å². The SMILES string of the molecule is CC(O)C1CCN(C(=O)Nc2ccc(-c3ccccc3)cc2)CC1. The Morgan fingerprint density at radius 1 is 1.04 bits per heavy atom. The van der Waals surface area contributed by atoms with E-state index in [0.29, 0.717) is 19.0 Å². The quantitative estimate of drug-likeness (QED) is 0.897. The smallest absolute Gasteiger partial charge is 0.321 e. The lowest BCUT2D eigenvalue weighted by molar-refractivity contribution is 0.0820. The lowest BCUT2D eigenvalue weighted by Gasteiger charge is -2.33. The third-order valence-corrected chi connectivity index (χ3v) is 4.75. The maximum atomic E-state index is 12.4. The summed E-state index contributed by atoms with van der Waals surface area (Å²) in [5, 5.41) is 12.6. The number of aliphatic hydroxyl groups excluding tert-OH is 1. The van der Waals surface area contributed by atoms with Crippen molar-refractivity contribution in [3.63, 3.8) is 0 Å². The second-order valence-corrected chi connectivity index (χ2v) is 6.44. The maximum absolute atomic E-state index is 12.4. The van der Waals surface area contributed by atoms with Gasteiger partial charge in [0.2, 0.25) is 0 Å². The van der Waals surface area contributed by atoms with E-state index in [1.165, 1.54) is 0 Å². The molecule has 1 aliphatic rings. The molecule has 1 atom stereocenters. The van der Waals surface area contributed by atoms with E-state index in [-0.39, 0.29) is 12.1 Å². The molecule has 3 rings (SSSR count). The van der Waals surface area contributed by atoms with E-state index in [9.17, 15) is 9.90 Å². The first kappa shape index (κ1) is 16.5. The number of likely N-dealkylation sites (tertiary alicyclic amines) is 1. The van der Waals surface area contributed by atoms with Crippen molar-refractivity contribution in [2.45, 2.75) is 25.9 Å². The normalized spacial score (nSPS) is 16.7. The fourth-order valence-electron chi connectivity index (χ4n) is 3.16. The summed E-state index contributed by atoms with van der Waals surface area (Å²) in [5.74, 6) is 0.305. The third kappa shape index (κ3) is 3.95. The number of carbonyl (C=O) groups is 1. The van der Waals surface area contributed by atoms with E-state index < -0.39 is 0 Å². The highest BCUT2D eigenvalue weighted by molar-refractivity contribution is 5.89. The molecule has 1 aliphatic heterocycles. The molecule has 2 aromatic carbocycles. The number of hydrogen-bond acceptors (Lipinski definition) is 2. The van der Waals surface area contributed by atoms with Crippen molar-refractivity contribution >= 4 is 11.7 Å². The Bertz CT molecular complexity index is 660. The molecule has 0 aliphatic carbocycles. The average Bonchev–Trinajstić information content (AvgIpc) is 2.63. The molecule has 1 fully saturated rings. The van der Waals surface area contributed by atoms with E-state index in [2.05, 4.69) is 17.4 Å². The molecule has 2 N–H and O–H groups in total. The Morgan fingerprint density at radius 3 is 2.21 bits per heavy atom. The molecule has 1 saturated heterocycles. The van der Waals surface area contributed by atoms with Gasteiger partial charge in [0, 0.05) is 18.8 Å². The van der Waals surface area contributed by atoms with Gasteiger partial charge in [-0.3, -0.25) is 0 Å². The molecule has 0 spiro atoms. The molecule has 24 heavy (non-hydrogen) atoms. The highest BCUT2D eigenvalue weighted by Crippen LogP contribution is 2.23. The minimum Gasteiger partial charge on any atom is -0.393 e. The Labute approximate surface area is 143 Å². The van der Waals surface area contributed by atoms with Gasteiger partial charge in [-0.05, 0) is 48.9 Å². The molecule has 1 heterocycles. The van der Waals surface area contributed by atoms with E-state index in [1.54, 1.807) is 0 Å². The first-order valence-electron chi connectivity index (χ1n) is 8.53. The Balaban J connectivity index is 1.57. The van der Waals surface area contributed by atoms with Gasteiger partial charge in [0.05, 0.1) is 6.10 Å². The number of benzene rings is 2. The summed E-state index contributed by atoms with van der Waals surface area (Å²) in [7, 11) is 0. The van der Waals surface area contributed by atoms with E-state index in [1.807, 2.05) is 54.3 Å². The topological polar surface area (TPSA) is 52.6 Å². The predicted molar refractivity (Wildman–Crippen MR) is 96.9 cm³/mol. The molecular formula is C20H24N2O2. The fraction of sp³-hybridized carbons (Fsp3) is 0.350. The van der Waals surface area contributed by atoms with Crippen LogP contribution in [-0.4, -0.2) is 35.2 Å². The first-order chi connectivity index (χ1) is 11.6. The summed E-state index contributed by atoms with van der Waals surface area (Å²) in [6.45, 7) is 3.22. The number of nitrogens with one attached hydrogen (secondary N) is 1. The molecule has 0 aromatic heterocycles. The molecular weight excluding hydrogens is 300 g/mol. The van der Waals surface area contributed by atoms with Crippen molar-refractivity contribution < 1.29 is 9.90 Å². The zero-order valence-corrected chi connectivity index (χ0v) is 14.0. The summed E-state index contributed by atoms with van der Waals surface area (Å²) >= 11 is 0. The van der Waals surface area contributed by atoms with E-state index >= 15 is 0 Å². The fourth-order valence-corrected chi connectivity index (χ4v) is 3.16. The highest BCUT2D eigenvalue weighted by Gasteiger charge is 2.25. The summed E-state index contributed by atoms with van der Waals surface area (Å²) < 4.78 is 0. The Morgan fingerprint density at radius 2 is 1.62 bits per heavy atom. The van der Waals surface area contributed by atoms with Gasteiger partial charge >= 0.3 is 6.03 Å². The van der Waals surface area contributed by atoms with Crippen molar-refractivity contribution in [3.8, 4) is 11.1 Å². The summed E-state index contributed by atoms with van der Waals surface area (Å²) in [6.07, 6.45) is 1.43. The van der Waals surface area contributed by atoms with Crippen LogP contribution < -0.4 is 5.32 Å². The lowest BCUT2D eigenvalue weighted by atomic mass is 9.92. The number of piperidine rings is 1. The lowest BCUT2D eigenvalue weighted by Crippen LogP contribution is -2.42. The zero-order valence-electron chi connectivity index (χ0n) is 14.0. The number of anilines is 1. The van der Waals surface area contributed by atoms with Crippen molar-refractivity contribution in [3.05, 3.63) is 54.6 Å². The monoisotopic (exact) mass is 324 g/mol. The van der Waals surface area contributed by atoms with Crippen LogP contribution in [-0.2, 0) is 0 Å². The molecule has 4 heteroatoms. The molecule has 0 saturated carbocycles. The number of hydrogen-bond donors (Lipinski definition) is 2. The van der Waals surface area contributed by atoms with Crippen molar-refractivity contribution in [1.82, 2.24) is 4.90 Å². The molecule has 0 bridgehead atoms. The van der Waals surface area contributed by atoms with E-state index in [4.69, 9.17) is 0 Å². The van der Waals surface area contributed by atoms with Crippen LogP contribution >= 0.6 is 0 Å². The predicted octanol–water partition coefficient (Wildman–Crippen LogP) is 3.98. The summed E-state index contributed by atoms with van der Waals surface area (Å²) in [5.41, 5.74) is 3.10. The van der Waals surface area contributed by atoms with Crippen molar-refractivity contribution in [2.75, 3.05) is 18.4 Å². The van der Waals surface area contributed by atoms with Gasteiger partial charge in [0.15, 0.2) is 0 Å². The number of aliphatic hydroxyl groups is 1. The van der Waals surface area contributed by atoms with Gasteiger partial charge in [-0.25, -0.2) is 4.79 Å². The zero-order chi connectivity index (χ0) is 16.9. The molecule has 126 valence electrons. The van der Waals surface area contributed by atoms with Crippen LogP contribution in [0.5, 0.6) is 0 Å². The van der Waals surface area contributed by atoms with Crippen LogP contribution in [0.3, 0.4) is 0 Å². The number of carbonyl (C=O) groups excluding carboxylic acids is 1. The molecule has 2 amide bonds. The minimum absolute atomic E-state index is 0.0634. The summed E-state index contributed by atoms with van der Waals surface area (Å²) in [6, 6.07) is 18.0. The Kier molecular flexibility index (Phi) is 5.16. The van der Waals surface area contributed by atoms with Crippen LogP contribution in [0.2, 0.25) is 0 Å². The van der Waals surface area contributed by atoms with Gasteiger partial charge in [-0.15, -0.1) is 0 Å². The van der Waals surface area contributed by atoms with Crippen molar-refractivity contribution in [1.29, 1.82) is 0 Å². The van der Waals surface area contributed by atoms with Gasteiger partial charge in [0.25, 0.3) is 0 Å². The van der Waals surface area contributed by atoms with Gasteiger partial charge < -0.3 is 15.3 Å². The van der Waals surface area contributed by atoms with Crippen LogP contribution in [0, 0.1) is 5.92 Å². The molecule has 2 aromatic rings. The van der Waals surface area contributed by atoms with Crippen LogP contribution in [0.15, 0.2) is 54.6 Å². The Hall–Kier alpha value is -2.33. The molecule has 0 radical (unpaired) electrons. The van der Waals surface area contributed by atoms with Crippen LogP contribution in [0.4, 0.5) is 10.5 Å². The van der Waals surface area contributed by atoms with Crippen LogP contribution in [0.25, 0.3) is 11.1 Å². The number of nitrogens with zero attached hydrogens (tertiary/aromatic N) is 1. The first-order valence-corrected chi connectivity index (χ1v) is 8.53. The molecule has 1 unspecified atom stereocenters. The van der Waals surface area contributed by atoms with Crippen LogP contribution in [0.1, 0.15) is 19.8 Å². The molecule has 4 nitrogen and oxygen atoms in total. The largest absolute Gasteiger partial charge is 0.393 e. The second kappa shape index (κ2) is 7.49. The van der Waals surface area contributed by atoms with Crippen molar-refractivity contribution in [2.24, 2.45) is 5.92 Å². The van der Waals surface area contributed by atoms with Gasteiger partial charge in [0.1, 0.15) is 0 Å². The third-order valence-electron chi connectivity index (χ3n) is 4.75. The number of rotatable bonds is 3. The standard InChI is InChI=1S/C20H24N2O2/c1-15(23)16-11-13-22(14-12-16)20(24)21-19-9-7-18(8-10-19)17-5-3-2-4-6-17/h2-10,15-16,23H,11-14H2,1H3,(H,21,24). The average molecular weight is 324 g/mol. The minimum atomic E-state index is -0.291. The maximum Gasteiger partial charge on any atom is 0.321 e. The second-order valence-electron chi connectivity index (χ2n) is 6.44. The van der Waals surface area contributed by atoms with Gasteiger partial charge in [-0.2, -0.15) is 0 Å². The highest BCUT2D eigenvalue weighted by atomic mass is 16.3. The number of urea groups is 1.